The van der Waals surface area contributed by atoms with E-state index in [9.17, 15) is 9.90 Å². The molecule has 131 heavy (non-hydrogen) atoms. The molecule has 2 atom stereocenters. The van der Waals surface area contributed by atoms with Crippen molar-refractivity contribution >= 4 is 46.0 Å². The van der Waals surface area contributed by atoms with Gasteiger partial charge in [-0.3, -0.25) is 64.8 Å². The first-order valence-corrected chi connectivity index (χ1v) is 42.1. The second-order valence-corrected chi connectivity index (χ2v) is 28.9. The van der Waals surface area contributed by atoms with Crippen molar-refractivity contribution in [3.63, 3.8) is 0 Å². The third-order valence-electron chi connectivity index (χ3n) is 18.9. The van der Waals surface area contributed by atoms with Gasteiger partial charge in [0.25, 0.3) is 0 Å². The van der Waals surface area contributed by atoms with Crippen LogP contribution in [0, 0.1) is 6.92 Å². The van der Waals surface area contributed by atoms with Gasteiger partial charge in [-0.2, -0.15) is 0 Å². The van der Waals surface area contributed by atoms with Crippen LogP contribution in [0.2, 0.25) is 0 Å². The lowest BCUT2D eigenvalue weighted by atomic mass is 10.1. The van der Waals surface area contributed by atoms with Crippen LogP contribution < -0.4 is 29.6 Å². The Hall–Kier alpha value is -16.7. The summed E-state index contributed by atoms with van der Waals surface area (Å²) in [5.74, 6) is 1.76. The van der Waals surface area contributed by atoms with E-state index in [1.165, 1.54) is 39.9 Å². The number of pyridine rings is 10. The zero-order chi connectivity index (χ0) is 92.0. The number of para-hydroxylation sites is 4. The molecule has 17 aromatic rings. The number of carboxylic acid groups (broad SMARTS) is 1. The Morgan fingerprint density at radius 1 is 0.344 bits per heavy atom. The smallest absolute Gasteiger partial charge is 0.197 e. The standard InChI is InChI=1S/C15H11N3.C14H16N2.2C13H13N3.C10H8N2.C8H10N4.2C8H6N4.C7H7NO2.C5H12O2/c1-3-10-16-12(6-1)14-8-5-9-15(18-14)13-7-2-4-11-17-13;1-3-11-5-7-15-13(9-11)14-10-12(4-2)6-8-16-14;1-15-10-16(11-5-4-8-14-9-11)13-7-3-2-6-12(13)15;1-15-10-16(13-8-4-5-9-14-13)12-7-3-2-6-11(12)15;1-3-7-11-9(5-1)10-6-2-4-8-12-10;1-11-4-5-12(7-11)8-6-9-2-3-10-8;1-3-11-7(5-9-1)8-6-10-2-4-12-8;1-3-9-7(10-4-1)8-11-5-2-6-12-8;1-5-3-2-4-6(8-5)7(9)10;1-4(6)3-5(2)7/h1-11H;5-10H,3-4H2,1-2H3;2*2-9H,10H2,1H3;1-8H;2-6H,7H2,1H3;2*1-6H;2-4H,1H3,(H,9,10);4-7H,3H2,1-2H3/p-1. The summed E-state index contributed by atoms with van der Waals surface area (Å²) in [6.45, 7) is 11.9. The zero-order valence-corrected chi connectivity index (χ0v) is 74.0. The zero-order valence-electron chi connectivity index (χ0n) is 74.0. The van der Waals surface area contributed by atoms with E-state index in [1.807, 2.05) is 177 Å². The summed E-state index contributed by atoms with van der Waals surface area (Å²) in [7, 11) is 6.23. The maximum absolute atomic E-state index is 10.2. The molecule has 2 aromatic carbocycles. The maximum Gasteiger partial charge on any atom is 0.197 e. The van der Waals surface area contributed by atoms with Crippen LogP contribution in [0.1, 0.15) is 61.4 Å². The Bertz CT molecular complexity index is 5670. The first-order chi connectivity index (χ1) is 64.1. The molecular weight excluding hydrogens is 1640 g/mol. The second-order valence-electron chi connectivity index (χ2n) is 28.9. The molecule has 0 radical (unpaired) electrons. The van der Waals surface area contributed by atoms with Crippen LogP contribution in [-0.4, -0.2) is 174 Å². The van der Waals surface area contributed by atoms with Gasteiger partial charge in [0.15, 0.2) is 17.5 Å². The molecule has 15 aromatic heterocycles. The fraction of sp³-hybridized carbons (Fsp3) is 0.158. The highest BCUT2D eigenvalue weighted by molar-refractivity contribution is 5.84. The van der Waals surface area contributed by atoms with Gasteiger partial charge in [0.1, 0.15) is 17.2 Å². The molecule has 0 spiro atoms. The largest absolute Gasteiger partial charge is 0.543 e. The van der Waals surface area contributed by atoms with Crippen molar-refractivity contribution in [1.82, 2.24) is 105 Å². The molecule has 0 bridgehead atoms. The van der Waals surface area contributed by atoms with Gasteiger partial charge < -0.3 is 49.5 Å². The highest BCUT2D eigenvalue weighted by atomic mass is 16.4. The van der Waals surface area contributed by atoms with Gasteiger partial charge in [0.2, 0.25) is 0 Å². The number of aliphatic hydroxyl groups is 2. The van der Waals surface area contributed by atoms with Crippen molar-refractivity contribution in [1.29, 1.82) is 0 Å². The van der Waals surface area contributed by atoms with Crippen LogP contribution >= 0.6 is 0 Å². The highest BCUT2D eigenvalue weighted by Gasteiger charge is 2.26. The summed E-state index contributed by atoms with van der Waals surface area (Å²) < 4.78 is 0. The number of aromatic carboxylic acids is 1. The van der Waals surface area contributed by atoms with Crippen LogP contribution in [0.15, 0.2) is 373 Å². The third kappa shape index (κ3) is 30.5. The molecule has 30 nitrogen and oxygen atoms in total. The van der Waals surface area contributed by atoms with Crippen LogP contribution in [-0.2, 0) is 12.8 Å². The van der Waals surface area contributed by atoms with Gasteiger partial charge >= 0.3 is 0 Å². The summed E-state index contributed by atoms with van der Waals surface area (Å²) in [6.07, 6.45) is 43.7. The summed E-state index contributed by atoms with van der Waals surface area (Å²) in [6, 6.07) is 72.6. The number of anilines is 7. The number of aryl methyl sites for hydroxylation is 3. The van der Waals surface area contributed by atoms with Crippen molar-refractivity contribution in [2.75, 3.05) is 65.6 Å². The fourth-order valence-electron chi connectivity index (χ4n) is 12.6. The molecule has 660 valence electrons. The van der Waals surface area contributed by atoms with Gasteiger partial charge in [0.05, 0.1) is 143 Å². The Morgan fingerprint density at radius 2 is 0.748 bits per heavy atom. The quantitative estimate of drug-likeness (QED) is 0.102. The number of aromatic nitrogens is 20. The van der Waals surface area contributed by atoms with Crippen LogP contribution in [0.4, 0.5) is 40.1 Å². The van der Waals surface area contributed by atoms with E-state index in [2.05, 4.69) is 219 Å². The minimum Gasteiger partial charge on any atom is -0.543 e. The molecular formula is C101H101N26O4-. The number of carbonyl (C=O) groups excluding carboxylic acids is 1. The van der Waals surface area contributed by atoms with Crippen LogP contribution in [0.25, 0.3) is 68.6 Å². The first kappa shape index (κ1) is 94.9. The number of hydrogen-bond donors (Lipinski definition) is 2. The maximum atomic E-state index is 10.2. The number of aliphatic hydroxyl groups excluding tert-OH is 2. The Labute approximate surface area is 762 Å². The lowest BCUT2D eigenvalue weighted by molar-refractivity contribution is -0.255. The topological polar surface area (TPSA) is 358 Å². The van der Waals surface area contributed by atoms with E-state index in [-0.39, 0.29) is 17.9 Å². The van der Waals surface area contributed by atoms with Gasteiger partial charge in [-0.25, -0.2) is 34.9 Å². The van der Waals surface area contributed by atoms with Gasteiger partial charge in [-0.05, 0) is 209 Å². The molecule has 3 aliphatic rings. The van der Waals surface area contributed by atoms with Crippen molar-refractivity contribution in [2.24, 2.45) is 0 Å². The molecule has 3 aliphatic heterocycles. The molecule has 20 rings (SSSR count). The summed E-state index contributed by atoms with van der Waals surface area (Å²) in [4.78, 5) is 106. The van der Waals surface area contributed by atoms with Crippen molar-refractivity contribution in [3.8, 4) is 68.6 Å². The molecule has 0 saturated carbocycles. The number of carbonyl (C=O) groups is 1. The van der Waals surface area contributed by atoms with E-state index in [1.54, 1.807) is 157 Å². The molecule has 2 unspecified atom stereocenters. The second kappa shape index (κ2) is 51.6. The molecule has 0 amide bonds. The Kier molecular flexibility index (Phi) is 37.4. The molecule has 0 fully saturated rings. The Balaban J connectivity index is 0.000000142. The summed E-state index contributed by atoms with van der Waals surface area (Å²) in [5, 5.41) is 27.3. The van der Waals surface area contributed by atoms with Crippen molar-refractivity contribution in [2.45, 2.75) is 66.1 Å². The fourth-order valence-corrected chi connectivity index (χ4v) is 12.6. The van der Waals surface area contributed by atoms with E-state index in [0.717, 1.165) is 107 Å². The van der Waals surface area contributed by atoms with Crippen LogP contribution in [0.5, 0.6) is 0 Å². The van der Waals surface area contributed by atoms with Crippen molar-refractivity contribution < 1.29 is 20.1 Å². The van der Waals surface area contributed by atoms with E-state index in [0.29, 0.717) is 23.8 Å². The van der Waals surface area contributed by atoms with Crippen LogP contribution in [0.3, 0.4) is 0 Å². The number of carboxylic acids is 1. The van der Waals surface area contributed by atoms with Gasteiger partial charge in [-0.1, -0.05) is 80.6 Å². The van der Waals surface area contributed by atoms with Crippen molar-refractivity contribution in [3.05, 3.63) is 396 Å². The summed E-state index contributed by atoms with van der Waals surface area (Å²) >= 11 is 0. The van der Waals surface area contributed by atoms with E-state index < -0.39 is 5.97 Å². The predicted octanol–water partition coefficient (Wildman–Crippen LogP) is 16.3. The number of fused-ring (bicyclic) bond motifs is 2. The summed E-state index contributed by atoms with van der Waals surface area (Å²) in [5.41, 5.74) is 18.1. The lowest BCUT2D eigenvalue weighted by Crippen LogP contribution is -2.24. The normalized spacial score (nSPS) is 11.9. The van der Waals surface area contributed by atoms with E-state index in [4.69, 9.17) is 10.2 Å². The van der Waals surface area contributed by atoms with E-state index >= 15 is 0 Å². The average molecular weight is 1740 g/mol. The third-order valence-corrected chi connectivity index (χ3v) is 18.9. The number of rotatable bonds is 14. The highest BCUT2D eigenvalue weighted by Crippen LogP contribution is 2.40. The minimum absolute atomic E-state index is 0.0139. The number of hydrogen-bond acceptors (Lipinski definition) is 30. The van der Waals surface area contributed by atoms with Gasteiger partial charge in [0, 0.05) is 151 Å². The predicted molar refractivity (Wildman–Crippen MR) is 510 cm³/mol. The monoisotopic (exact) mass is 1740 g/mol. The molecule has 18 heterocycles. The number of nitrogens with zero attached hydrogens (tertiary/aromatic N) is 26. The average Bonchev–Trinajstić information content (AvgIpc) is 1.66. The minimum atomic E-state index is -1.23. The van der Waals surface area contributed by atoms with Gasteiger partial charge in [-0.15, -0.1) is 0 Å². The lowest BCUT2D eigenvalue weighted by Gasteiger charge is -2.18. The first-order valence-electron chi connectivity index (χ1n) is 42.1. The molecule has 30 heteroatoms. The Morgan fingerprint density at radius 3 is 1.14 bits per heavy atom. The molecule has 2 N–H and O–H groups in total. The molecule has 0 saturated heterocycles. The number of benzene rings is 2. The molecule has 0 aliphatic carbocycles. The SMILES string of the molecule is CC(O)CC(C)O.CCc1ccnc(-c2cc(CC)ccn2)c1.CN1C=CN(c2cnccn2)C1.CN1CN(c2ccccn2)c2ccccc21.CN1CN(c2cccnc2)c2ccccc21.Cc1cccc(C(=O)[O-])n1.c1ccc(-c2cccc(-c3ccccn3)n2)nc1.c1ccc(-c2ccccn2)nc1.c1cnc(-c2cnccn2)cn1.c1cnc(-c2ncccn2)nc1.